The predicted octanol–water partition coefficient (Wildman–Crippen LogP) is 4.28. The quantitative estimate of drug-likeness (QED) is 0.590. The maximum absolute atomic E-state index is 12.1. The lowest BCUT2D eigenvalue weighted by atomic mass is 9.88. The molecule has 134 valence electrons. The maximum atomic E-state index is 12.1. The third-order valence-corrected chi connectivity index (χ3v) is 5.97. The summed E-state index contributed by atoms with van der Waals surface area (Å²) < 4.78 is 0.837. The molecule has 3 rings (SSSR count). The lowest BCUT2D eigenvalue weighted by molar-refractivity contribution is -0.118. The number of aryl methyl sites for hydroxylation is 1. The topological polar surface area (TPSA) is 54.9 Å². The van der Waals surface area contributed by atoms with Gasteiger partial charge in [-0.2, -0.15) is 0 Å². The molecule has 1 amide bonds. The summed E-state index contributed by atoms with van der Waals surface area (Å²) in [5.74, 6) is 0.676. The fourth-order valence-electron chi connectivity index (χ4n) is 2.77. The van der Waals surface area contributed by atoms with Gasteiger partial charge in [-0.05, 0) is 24.5 Å². The van der Waals surface area contributed by atoms with Crippen LogP contribution in [0, 0.1) is 6.92 Å². The number of benzene rings is 2. The molecular weight excluding hydrogens is 362 g/mol. The summed E-state index contributed by atoms with van der Waals surface area (Å²) in [6, 6.07) is 20.9. The molecule has 0 atom stereocenters. The van der Waals surface area contributed by atoms with Crippen molar-refractivity contribution in [2.75, 3.05) is 12.3 Å². The first-order valence-electron chi connectivity index (χ1n) is 8.52. The number of nitrogens with zero attached hydrogens (tertiary/aromatic N) is 2. The average molecular weight is 384 g/mol. The number of aromatic nitrogens is 2. The van der Waals surface area contributed by atoms with E-state index in [9.17, 15) is 4.79 Å². The van der Waals surface area contributed by atoms with Gasteiger partial charge in [0.2, 0.25) is 5.91 Å². The Hall–Kier alpha value is -2.18. The largest absolute Gasteiger partial charge is 0.355 e. The van der Waals surface area contributed by atoms with Crippen LogP contribution < -0.4 is 5.32 Å². The number of rotatable bonds is 8. The van der Waals surface area contributed by atoms with Crippen LogP contribution in [0.2, 0.25) is 0 Å². The second-order valence-electron chi connectivity index (χ2n) is 5.89. The lowest BCUT2D eigenvalue weighted by Crippen LogP contribution is -2.27. The molecule has 2 aromatic carbocycles. The molecule has 0 aliphatic heterocycles. The Bertz CT molecular complexity index is 782. The fraction of sp³-hybridized carbons (Fsp3) is 0.250. The Morgan fingerprint density at radius 2 is 1.65 bits per heavy atom. The summed E-state index contributed by atoms with van der Waals surface area (Å²) in [6.45, 7) is 2.55. The normalized spacial score (nSPS) is 10.8. The molecule has 0 aliphatic carbocycles. The maximum Gasteiger partial charge on any atom is 0.230 e. The molecule has 0 saturated carbocycles. The zero-order valence-corrected chi connectivity index (χ0v) is 16.2. The van der Waals surface area contributed by atoms with Crippen LogP contribution in [-0.2, 0) is 4.79 Å². The van der Waals surface area contributed by atoms with Crippen LogP contribution >= 0.6 is 23.1 Å². The number of amides is 1. The van der Waals surface area contributed by atoms with Gasteiger partial charge in [-0.1, -0.05) is 83.8 Å². The van der Waals surface area contributed by atoms with E-state index in [1.165, 1.54) is 34.2 Å². The number of hydrogen-bond acceptors (Lipinski definition) is 5. The van der Waals surface area contributed by atoms with Crippen molar-refractivity contribution in [1.82, 2.24) is 15.5 Å². The van der Waals surface area contributed by atoms with E-state index in [1.54, 1.807) is 0 Å². The molecule has 1 heterocycles. The molecule has 3 aromatic rings. The number of hydrogen-bond donors (Lipinski definition) is 1. The monoisotopic (exact) mass is 383 g/mol. The van der Waals surface area contributed by atoms with Gasteiger partial charge in [0.05, 0.1) is 5.75 Å². The summed E-state index contributed by atoms with van der Waals surface area (Å²) >= 11 is 2.95. The molecule has 0 spiro atoms. The molecule has 26 heavy (non-hydrogen) atoms. The van der Waals surface area contributed by atoms with Crippen LogP contribution in [0.5, 0.6) is 0 Å². The van der Waals surface area contributed by atoms with E-state index in [0.29, 0.717) is 12.3 Å². The molecule has 0 aliphatic rings. The predicted molar refractivity (Wildman–Crippen MR) is 108 cm³/mol. The van der Waals surface area contributed by atoms with E-state index < -0.39 is 0 Å². The van der Waals surface area contributed by atoms with Crippen molar-refractivity contribution in [3.63, 3.8) is 0 Å². The van der Waals surface area contributed by atoms with E-state index in [-0.39, 0.29) is 11.8 Å². The third kappa shape index (κ3) is 5.41. The van der Waals surface area contributed by atoms with E-state index >= 15 is 0 Å². The Morgan fingerprint density at radius 1 is 1.04 bits per heavy atom. The highest BCUT2D eigenvalue weighted by Gasteiger charge is 2.14. The Morgan fingerprint density at radius 3 is 2.19 bits per heavy atom. The van der Waals surface area contributed by atoms with Gasteiger partial charge in [0.15, 0.2) is 4.34 Å². The van der Waals surface area contributed by atoms with Gasteiger partial charge >= 0.3 is 0 Å². The van der Waals surface area contributed by atoms with E-state index in [0.717, 1.165) is 15.8 Å². The second-order valence-corrected chi connectivity index (χ2v) is 8.29. The average Bonchev–Trinajstić information content (AvgIpc) is 3.10. The summed E-state index contributed by atoms with van der Waals surface area (Å²) in [6.07, 6.45) is 0.863. The van der Waals surface area contributed by atoms with E-state index in [1.807, 2.05) is 19.1 Å². The molecule has 0 unspecified atom stereocenters. The first-order chi connectivity index (χ1) is 12.7. The highest BCUT2D eigenvalue weighted by atomic mass is 32.2. The summed E-state index contributed by atoms with van der Waals surface area (Å²) in [5.41, 5.74) is 2.54. The minimum Gasteiger partial charge on any atom is -0.355 e. The highest BCUT2D eigenvalue weighted by molar-refractivity contribution is 8.01. The van der Waals surface area contributed by atoms with Crippen molar-refractivity contribution in [2.45, 2.75) is 23.6 Å². The van der Waals surface area contributed by atoms with Crippen LogP contribution in [0.15, 0.2) is 65.0 Å². The van der Waals surface area contributed by atoms with Crippen molar-refractivity contribution < 1.29 is 4.79 Å². The van der Waals surface area contributed by atoms with Crippen LogP contribution in [0.25, 0.3) is 0 Å². The van der Waals surface area contributed by atoms with Gasteiger partial charge in [0.25, 0.3) is 0 Å². The standard InChI is InChI=1S/C20H21N3OS2/c1-15-22-23-20(26-15)25-14-19(24)21-13-12-18(16-8-4-2-5-9-16)17-10-6-3-7-11-17/h2-11,18H,12-14H2,1H3,(H,21,24). The number of nitrogens with one attached hydrogen (secondary N) is 1. The van der Waals surface area contributed by atoms with Crippen molar-refractivity contribution >= 4 is 29.0 Å². The Kier molecular flexibility index (Phi) is 6.80. The van der Waals surface area contributed by atoms with Crippen LogP contribution in [0.1, 0.15) is 28.5 Å². The molecule has 0 radical (unpaired) electrons. The highest BCUT2D eigenvalue weighted by Crippen LogP contribution is 2.27. The van der Waals surface area contributed by atoms with Crippen molar-refractivity contribution in [3.8, 4) is 0 Å². The summed E-state index contributed by atoms with van der Waals surface area (Å²) in [4.78, 5) is 12.1. The molecule has 6 heteroatoms. The molecule has 4 nitrogen and oxygen atoms in total. The number of carbonyl (C=O) groups excluding carboxylic acids is 1. The van der Waals surface area contributed by atoms with Gasteiger partial charge in [0.1, 0.15) is 5.01 Å². The van der Waals surface area contributed by atoms with Crippen LogP contribution in [0.3, 0.4) is 0 Å². The van der Waals surface area contributed by atoms with Gasteiger partial charge in [0, 0.05) is 12.5 Å². The minimum absolute atomic E-state index is 0.0303. The van der Waals surface area contributed by atoms with Crippen molar-refractivity contribution in [3.05, 3.63) is 76.8 Å². The molecule has 1 N–H and O–H groups in total. The van der Waals surface area contributed by atoms with Crippen LogP contribution in [0.4, 0.5) is 0 Å². The zero-order valence-electron chi connectivity index (χ0n) is 14.6. The van der Waals surface area contributed by atoms with Gasteiger partial charge in [-0.3, -0.25) is 4.79 Å². The lowest BCUT2D eigenvalue weighted by Gasteiger charge is -2.18. The summed E-state index contributed by atoms with van der Waals surface area (Å²) in [5, 5.41) is 11.9. The SMILES string of the molecule is Cc1nnc(SCC(=O)NCCC(c2ccccc2)c2ccccc2)s1. The molecule has 0 bridgehead atoms. The fourth-order valence-corrected chi connectivity index (χ4v) is 4.41. The first kappa shape index (κ1) is 18.6. The van der Waals surface area contributed by atoms with Gasteiger partial charge in [-0.15, -0.1) is 10.2 Å². The zero-order chi connectivity index (χ0) is 18.2. The van der Waals surface area contributed by atoms with Crippen molar-refractivity contribution in [1.29, 1.82) is 0 Å². The van der Waals surface area contributed by atoms with Crippen LogP contribution in [-0.4, -0.2) is 28.4 Å². The van der Waals surface area contributed by atoms with Gasteiger partial charge < -0.3 is 5.32 Å². The number of thioether (sulfide) groups is 1. The molecular formula is C20H21N3OS2. The molecule has 0 fully saturated rings. The van der Waals surface area contributed by atoms with E-state index in [4.69, 9.17) is 0 Å². The molecule has 0 saturated heterocycles. The van der Waals surface area contributed by atoms with E-state index in [2.05, 4.69) is 64.0 Å². The summed E-state index contributed by atoms with van der Waals surface area (Å²) in [7, 11) is 0. The van der Waals surface area contributed by atoms with Crippen molar-refractivity contribution in [2.24, 2.45) is 0 Å². The Balaban J connectivity index is 1.54. The Labute approximate surface area is 162 Å². The number of carbonyl (C=O) groups is 1. The van der Waals surface area contributed by atoms with Gasteiger partial charge in [-0.25, -0.2) is 0 Å². The third-order valence-electron chi connectivity index (χ3n) is 3.99. The first-order valence-corrected chi connectivity index (χ1v) is 10.3. The second kappa shape index (κ2) is 9.50. The molecule has 1 aromatic heterocycles. The minimum atomic E-state index is 0.0303. The smallest absolute Gasteiger partial charge is 0.230 e.